The van der Waals surface area contributed by atoms with Gasteiger partial charge >= 0.3 is 0 Å². The lowest BCUT2D eigenvalue weighted by Crippen LogP contribution is -1.85. The lowest BCUT2D eigenvalue weighted by atomic mass is 10.1. The van der Waals surface area contributed by atoms with Crippen molar-refractivity contribution in [1.29, 1.82) is 5.26 Å². The summed E-state index contributed by atoms with van der Waals surface area (Å²) in [6.07, 6.45) is -1.52. The fourth-order valence-electron chi connectivity index (χ4n) is 0.739. The van der Waals surface area contributed by atoms with Crippen molar-refractivity contribution in [2.75, 3.05) is 0 Å². The molecular weight excluding hydrogens is 209 g/mol. The number of rotatable bonds is 1. The number of hydrogen-bond acceptors (Lipinski definition) is 1. The number of benzene rings is 1. The Morgan fingerprint density at radius 1 is 1.55 bits per heavy atom. The number of nitrogens with zero attached hydrogens (tertiary/aromatic N) is 1. The molecule has 1 rings (SSSR count). The maximum Gasteiger partial charge on any atom is 0.211 e. The van der Waals surface area contributed by atoms with Crippen LogP contribution in [0.3, 0.4) is 0 Å². The van der Waals surface area contributed by atoms with E-state index in [1.165, 1.54) is 6.07 Å². The van der Waals surface area contributed by atoms with E-state index in [0.717, 1.165) is 4.47 Å². The van der Waals surface area contributed by atoms with Gasteiger partial charge in [0, 0.05) is 10.0 Å². The van der Waals surface area contributed by atoms with E-state index < -0.39 is 6.17 Å². The Kier molecular flexibility index (Phi) is 2.61. The zero-order valence-electron chi connectivity index (χ0n) is 5.59. The number of alkyl halides is 1. The summed E-state index contributed by atoms with van der Waals surface area (Å²) in [6, 6.07) is 8.18. The predicted molar refractivity (Wildman–Crippen MR) is 43.6 cm³/mol. The Morgan fingerprint density at radius 3 is 2.82 bits per heavy atom. The summed E-state index contributed by atoms with van der Waals surface area (Å²) >= 11 is 3.18. The largest absolute Gasteiger partial charge is 0.226 e. The van der Waals surface area contributed by atoms with Gasteiger partial charge in [0.15, 0.2) is 0 Å². The second kappa shape index (κ2) is 3.49. The predicted octanol–water partition coefficient (Wildman–Crippen LogP) is 2.98. The molecule has 11 heavy (non-hydrogen) atoms. The fourth-order valence-corrected chi connectivity index (χ4v) is 1.16. The van der Waals surface area contributed by atoms with Gasteiger partial charge in [-0.1, -0.05) is 28.1 Å². The maximum absolute atomic E-state index is 12.7. The van der Waals surface area contributed by atoms with Crippen LogP contribution in [0.4, 0.5) is 4.39 Å². The summed E-state index contributed by atoms with van der Waals surface area (Å²) in [5.41, 5.74) is 0.391. The summed E-state index contributed by atoms with van der Waals surface area (Å²) < 4.78 is 13.4. The van der Waals surface area contributed by atoms with Crippen LogP contribution < -0.4 is 0 Å². The van der Waals surface area contributed by atoms with E-state index in [4.69, 9.17) is 5.26 Å². The minimum atomic E-state index is -1.52. The van der Waals surface area contributed by atoms with Crippen molar-refractivity contribution in [3.8, 4) is 6.07 Å². The van der Waals surface area contributed by atoms with Crippen LogP contribution in [0.25, 0.3) is 0 Å². The van der Waals surface area contributed by atoms with Crippen LogP contribution in [-0.4, -0.2) is 0 Å². The summed E-state index contributed by atoms with van der Waals surface area (Å²) in [5, 5.41) is 8.24. The third-order valence-corrected chi connectivity index (χ3v) is 1.75. The lowest BCUT2D eigenvalue weighted by molar-refractivity contribution is 0.424. The average molecular weight is 214 g/mol. The molecule has 0 heterocycles. The molecule has 1 unspecified atom stereocenters. The highest BCUT2D eigenvalue weighted by molar-refractivity contribution is 9.10. The third kappa shape index (κ3) is 2.02. The smallest absolute Gasteiger partial charge is 0.211 e. The molecule has 0 saturated heterocycles. The highest BCUT2D eigenvalue weighted by Crippen LogP contribution is 2.19. The van der Waals surface area contributed by atoms with Gasteiger partial charge in [-0.15, -0.1) is 0 Å². The zero-order chi connectivity index (χ0) is 8.27. The van der Waals surface area contributed by atoms with Gasteiger partial charge in [-0.2, -0.15) is 5.26 Å². The Bertz CT molecular complexity index is 292. The van der Waals surface area contributed by atoms with Crippen LogP contribution in [0.1, 0.15) is 11.7 Å². The number of hydrogen-bond donors (Lipinski definition) is 0. The molecule has 0 aliphatic heterocycles. The highest BCUT2D eigenvalue weighted by Gasteiger charge is 2.06. The molecule has 0 bridgehead atoms. The Hall–Kier alpha value is -0.880. The molecule has 56 valence electrons. The lowest BCUT2D eigenvalue weighted by Gasteiger charge is -1.98. The van der Waals surface area contributed by atoms with Gasteiger partial charge in [0.05, 0.1) is 0 Å². The van der Waals surface area contributed by atoms with Crippen molar-refractivity contribution in [2.24, 2.45) is 0 Å². The number of nitriles is 1. The van der Waals surface area contributed by atoms with Gasteiger partial charge in [-0.3, -0.25) is 0 Å². The fraction of sp³-hybridized carbons (Fsp3) is 0.125. The van der Waals surface area contributed by atoms with E-state index in [1.54, 1.807) is 24.3 Å². The van der Waals surface area contributed by atoms with Crippen LogP contribution in [0.5, 0.6) is 0 Å². The quantitative estimate of drug-likeness (QED) is 0.704. The molecule has 1 atom stereocenters. The minimum absolute atomic E-state index is 0.391. The monoisotopic (exact) mass is 213 g/mol. The summed E-state index contributed by atoms with van der Waals surface area (Å²) in [6.45, 7) is 0. The van der Waals surface area contributed by atoms with Crippen LogP contribution >= 0.6 is 15.9 Å². The van der Waals surface area contributed by atoms with E-state index in [1.807, 2.05) is 0 Å². The van der Waals surface area contributed by atoms with Crippen LogP contribution in [0.2, 0.25) is 0 Å². The normalized spacial score (nSPS) is 12.1. The first-order valence-corrected chi connectivity index (χ1v) is 3.82. The first kappa shape index (κ1) is 8.22. The topological polar surface area (TPSA) is 23.8 Å². The van der Waals surface area contributed by atoms with E-state index >= 15 is 0 Å². The molecule has 0 saturated carbocycles. The molecule has 1 nitrogen and oxygen atoms in total. The first-order valence-electron chi connectivity index (χ1n) is 3.03. The van der Waals surface area contributed by atoms with Crippen LogP contribution in [0, 0.1) is 11.3 Å². The molecule has 0 aliphatic rings. The van der Waals surface area contributed by atoms with E-state index in [9.17, 15) is 4.39 Å². The van der Waals surface area contributed by atoms with Gasteiger partial charge in [0.25, 0.3) is 0 Å². The average Bonchev–Trinajstić information content (AvgIpc) is 2.03. The standard InChI is InChI=1S/C8H5BrFN/c9-7-3-1-2-6(4-7)8(10)5-11/h1-4,8H. The Balaban J connectivity index is 2.98. The van der Waals surface area contributed by atoms with Crippen molar-refractivity contribution >= 4 is 15.9 Å². The Morgan fingerprint density at radius 2 is 2.27 bits per heavy atom. The maximum atomic E-state index is 12.7. The van der Waals surface area contributed by atoms with Crippen molar-refractivity contribution in [1.82, 2.24) is 0 Å². The van der Waals surface area contributed by atoms with Gasteiger partial charge < -0.3 is 0 Å². The van der Waals surface area contributed by atoms with Crippen LogP contribution in [-0.2, 0) is 0 Å². The zero-order valence-corrected chi connectivity index (χ0v) is 7.18. The Labute approximate surface area is 72.6 Å². The molecule has 0 aromatic heterocycles. The molecule has 0 aliphatic carbocycles. The third-order valence-electron chi connectivity index (χ3n) is 1.25. The van der Waals surface area contributed by atoms with E-state index in [2.05, 4.69) is 15.9 Å². The first-order chi connectivity index (χ1) is 5.24. The van der Waals surface area contributed by atoms with Gasteiger partial charge in [-0.25, -0.2) is 4.39 Å². The van der Waals surface area contributed by atoms with Gasteiger partial charge in [-0.05, 0) is 12.1 Å². The molecule has 0 radical (unpaired) electrons. The SMILES string of the molecule is N#CC(F)c1cccc(Br)c1. The molecule has 0 N–H and O–H groups in total. The highest BCUT2D eigenvalue weighted by atomic mass is 79.9. The molecule has 3 heteroatoms. The van der Waals surface area contributed by atoms with Crippen LogP contribution in [0.15, 0.2) is 28.7 Å². The molecule has 1 aromatic rings. The van der Waals surface area contributed by atoms with E-state index in [0.29, 0.717) is 5.56 Å². The second-order valence-electron chi connectivity index (χ2n) is 2.05. The second-order valence-corrected chi connectivity index (χ2v) is 2.96. The van der Waals surface area contributed by atoms with Crippen molar-refractivity contribution in [3.63, 3.8) is 0 Å². The van der Waals surface area contributed by atoms with Gasteiger partial charge in [0.1, 0.15) is 6.07 Å². The molecule has 0 fully saturated rings. The molecule has 1 aromatic carbocycles. The molecular formula is C8H5BrFN. The summed E-state index contributed by atoms with van der Waals surface area (Å²) in [7, 11) is 0. The molecule has 0 amide bonds. The van der Waals surface area contributed by atoms with Crippen molar-refractivity contribution in [3.05, 3.63) is 34.3 Å². The van der Waals surface area contributed by atoms with Crippen molar-refractivity contribution in [2.45, 2.75) is 6.17 Å². The number of halogens is 2. The molecule has 0 spiro atoms. The minimum Gasteiger partial charge on any atom is -0.226 e. The van der Waals surface area contributed by atoms with E-state index in [-0.39, 0.29) is 0 Å². The summed E-state index contributed by atoms with van der Waals surface area (Å²) in [5.74, 6) is 0. The van der Waals surface area contributed by atoms with Crippen molar-refractivity contribution < 1.29 is 4.39 Å². The summed E-state index contributed by atoms with van der Waals surface area (Å²) in [4.78, 5) is 0. The van der Waals surface area contributed by atoms with Gasteiger partial charge in [0.2, 0.25) is 6.17 Å².